The second-order valence-electron chi connectivity index (χ2n) is 7.62. The van der Waals surface area contributed by atoms with Crippen LogP contribution in [0.25, 0.3) is 0 Å². The van der Waals surface area contributed by atoms with Crippen molar-refractivity contribution in [3.63, 3.8) is 0 Å². The number of piperidine rings is 2. The van der Waals surface area contributed by atoms with Gasteiger partial charge in [0.25, 0.3) is 5.91 Å². The van der Waals surface area contributed by atoms with E-state index < -0.39 is 0 Å². The van der Waals surface area contributed by atoms with Crippen molar-refractivity contribution in [2.75, 3.05) is 46.3 Å². The fraction of sp³-hybridized carbons (Fsp3) is 0.619. The zero-order valence-electron chi connectivity index (χ0n) is 16.4. The summed E-state index contributed by atoms with van der Waals surface area (Å²) in [7, 11) is 1.67. The average molecular weight is 373 g/mol. The Kier molecular flexibility index (Phi) is 7.10. The van der Waals surface area contributed by atoms with Crippen molar-refractivity contribution < 1.29 is 9.59 Å². The molecule has 0 spiro atoms. The zero-order valence-corrected chi connectivity index (χ0v) is 16.4. The Morgan fingerprint density at radius 2 is 1.93 bits per heavy atom. The normalized spacial score (nSPS) is 20.9. The molecule has 3 amide bonds. The lowest BCUT2D eigenvalue weighted by atomic mass is 9.89. The van der Waals surface area contributed by atoms with E-state index in [-0.39, 0.29) is 17.9 Å². The second-order valence-corrected chi connectivity index (χ2v) is 7.62. The summed E-state index contributed by atoms with van der Waals surface area (Å²) in [5.41, 5.74) is 1.86. The lowest BCUT2D eigenvalue weighted by molar-refractivity contribution is 0.0946. The summed E-state index contributed by atoms with van der Waals surface area (Å²) >= 11 is 0. The van der Waals surface area contributed by atoms with Gasteiger partial charge in [-0.05, 0) is 56.5 Å². The largest absolute Gasteiger partial charge is 0.351 e. The van der Waals surface area contributed by atoms with Gasteiger partial charge in [-0.3, -0.25) is 4.79 Å². The molecule has 3 rings (SSSR count). The summed E-state index contributed by atoms with van der Waals surface area (Å²) in [5.74, 6) is 0.282. The monoisotopic (exact) mass is 372 g/mol. The minimum Gasteiger partial charge on any atom is -0.351 e. The van der Waals surface area contributed by atoms with Crippen molar-refractivity contribution in [2.45, 2.75) is 38.0 Å². The number of hydrogen-bond acceptors (Lipinski definition) is 3. The Morgan fingerprint density at radius 1 is 1.11 bits per heavy atom. The molecule has 2 aliphatic heterocycles. The van der Waals surface area contributed by atoms with Crippen LogP contribution in [0, 0.1) is 0 Å². The van der Waals surface area contributed by atoms with E-state index in [9.17, 15) is 9.59 Å². The molecule has 2 heterocycles. The predicted octanol–water partition coefficient (Wildman–Crippen LogP) is 2.42. The van der Waals surface area contributed by atoms with E-state index >= 15 is 0 Å². The minimum atomic E-state index is -0.0219. The summed E-state index contributed by atoms with van der Waals surface area (Å²) in [4.78, 5) is 28.7. The fourth-order valence-corrected chi connectivity index (χ4v) is 4.14. The van der Waals surface area contributed by atoms with Gasteiger partial charge in [0.05, 0.1) is 0 Å². The van der Waals surface area contributed by atoms with Crippen LogP contribution in [0.5, 0.6) is 0 Å². The second kappa shape index (κ2) is 9.74. The van der Waals surface area contributed by atoms with Gasteiger partial charge in [-0.15, -0.1) is 0 Å². The van der Waals surface area contributed by atoms with Crippen LogP contribution in [0.3, 0.4) is 0 Å². The van der Waals surface area contributed by atoms with Crippen molar-refractivity contribution in [1.29, 1.82) is 0 Å². The molecule has 1 unspecified atom stereocenters. The number of amides is 3. The molecule has 1 aromatic carbocycles. The number of carbonyl (C=O) groups is 2. The van der Waals surface area contributed by atoms with Gasteiger partial charge in [0.2, 0.25) is 0 Å². The Hall–Kier alpha value is -2.08. The van der Waals surface area contributed by atoms with Crippen LogP contribution in [0.4, 0.5) is 4.79 Å². The summed E-state index contributed by atoms with van der Waals surface area (Å²) < 4.78 is 0. The van der Waals surface area contributed by atoms with Crippen LogP contribution < -0.4 is 10.6 Å². The van der Waals surface area contributed by atoms with Crippen molar-refractivity contribution in [3.05, 3.63) is 35.4 Å². The molecular formula is C21H32N4O2. The molecular weight excluding hydrogens is 340 g/mol. The van der Waals surface area contributed by atoms with Crippen LogP contribution in [0.1, 0.15) is 53.9 Å². The van der Waals surface area contributed by atoms with E-state index in [2.05, 4.69) is 21.6 Å². The predicted molar refractivity (Wildman–Crippen MR) is 107 cm³/mol. The van der Waals surface area contributed by atoms with Gasteiger partial charge in [-0.2, -0.15) is 0 Å². The van der Waals surface area contributed by atoms with E-state index in [1.165, 1.54) is 19.3 Å². The topological polar surface area (TPSA) is 64.7 Å². The molecule has 27 heavy (non-hydrogen) atoms. The van der Waals surface area contributed by atoms with E-state index in [1.54, 1.807) is 7.05 Å². The van der Waals surface area contributed by atoms with Gasteiger partial charge in [0.1, 0.15) is 0 Å². The summed E-state index contributed by atoms with van der Waals surface area (Å²) in [6, 6.07) is 7.87. The van der Waals surface area contributed by atoms with Crippen LogP contribution in [-0.4, -0.2) is 68.1 Å². The Labute approximate surface area is 162 Å². The summed E-state index contributed by atoms with van der Waals surface area (Å²) in [6.07, 6.45) is 5.90. The molecule has 6 nitrogen and oxygen atoms in total. The lowest BCUT2D eigenvalue weighted by Gasteiger charge is -2.32. The van der Waals surface area contributed by atoms with Gasteiger partial charge in [-0.25, -0.2) is 4.79 Å². The van der Waals surface area contributed by atoms with E-state index in [0.29, 0.717) is 18.7 Å². The summed E-state index contributed by atoms with van der Waals surface area (Å²) in [6.45, 7) is 5.42. The van der Waals surface area contributed by atoms with Crippen molar-refractivity contribution in [3.8, 4) is 0 Å². The molecule has 2 N–H and O–H groups in total. The minimum absolute atomic E-state index is 0.00664. The van der Waals surface area contributed by atoms with Crippen LogP contribution in [0.2, 0.25) is 0 Å². The average Bonchev–Trinajstić information content (AvgIpc) is 2.74. The number of carbonyl (C=O) groups excluding carboxylic acids is 2. The highest BCUT2D eigenvalue weighted by Crippen LogP contribution is 2.27. The van der Waals surface area contributed by atoms with E-state index in [1.807, 2.05) is 23.1 Å². The molecule has 0 radical (unpaired) electrons. The third-order valence-electron chi connectivity index (χ3n) is 5.70. The van der Waals surface area contributed by atoms with Crippen molar-refractivity contribution in [2.24, 2.45) is 0 Å². The number of hydrogen-bond donors (Lipinski definition) is 2. The van der Waals surface area contributed by atoms with Crippen LogP contribution in [-0.2, 0) is 0 Å². The standard InChI is InChI=1S/C21H32N4O2/c1-22-21(27)25-13-6-9-19(16-25)17-7-5-8-18(15-17)20(26)23-10-14-24-11-3-2-4-12-24/h5,7-8,15,19H,2-4,6,9-14,16H2,1H3,(H,22,27)(H,23,26). The molecule has 0 saturated carbocycles. The Bertz CT molecular complexity index is 643. The first-order chi connectivity index (χ1) is 13.2. The number of nitrogens with one attached hydrogen (secondary N) is 2. The first-order valence-corrected chi connectivity index (χ1v) is 10.2. The first-order valence-electron chi connectivity index (χ1n) is 10.2. The molecule has 6 heteroatoms. The van der Waals surface area contributed by atoms with Gasteiger partial charge < -0.3 is 20.4 Å². The molecule has 0 aromatic heterocycles. The van der Waals surface area contributed by atoms with Crippen molar-refractivity contribution in [1.82, 2.24) is 20.4 Å². The zero-order chi connectivity index (χ0) is 19.1. The lowest BCUT2D eigenvalue weighted by Crippen LogP contribution is -2.43. The fourth-order valence-electron chi connectivity index (χ4n) is 4.14. The van der Waals surface area contributed by atoms with Gasteiger partial charge in [0, 0.05) is 44.7 Å². The van der Waals surface area contributed by atoms with Gasteiger partial charge >= 0.3 is 6.03 Å². The summed E-state index contributed by atoms with van der Waals surface area (Å²) in [5, 5.41) is 5.76. The molecule has 148 valence electrons. The van der Waals surface area contributed by atoms with Crippen LogP contribution >= 0.6 is 0 Å². The van der Waals surface area contributed by atoms with E-state index in [4.69, 9.17) is 0 Å². The van der Waals surface area contributed by atoms with Gasteiger partial charge in [0.15, 0.2) is 0 Å². The maximum Gasteiger partial charge on any atom is 0.317 e. The Balaban J connectivity index is 1.54. The van der Waals surface area contributed by atoms with Gasteiger partial charge in [-0.1, -0.05) is 18.6 Å². The number of likely N-dealkylation sites (tertiary alicyclic amines) is 2. The first kappa shape index (κ1) is 19.7. The molecule has 1 atom stereocenters. The highest BCUT2D eigenvalue weighted by Gasteiger charge is 2.24. The molecule has 2 saturated heterocycles. The maximum absolute atomic E-state index is 12.5. The SMILES string of the molecule is CNC(=O)N1CCCC(c2cccc(C(=O)NCCN3CCCCC3)c2)C1. The quantitative estimate of drug-likeness (QED) is 0.834. The molecule has 1 aromatic rings. The third kappa shape index (κ3) is 5.45. The van der Waals surface area contributed by atoms with E-state index in [0.717, 1.165) is 44.6 Å². The molecule has 2 aliphatic rings. The number of benzene rings is 1. The molecule has 2 fully saturated rings. The maximum atomic E-state index is 12.5. The highest BCUT2D eigenvalue weighted by atomic mass is 16.2. The number of urea groups is 1. The Morgan fingerprint density at radius 3 is 2.70 bits per heavy atom. The highest BCUT2D eigenvalue weighted by molar-refractivity contribution is 5.94. The molecule has 0 bridgehead atoms. The number of nitrogens with zero attached hydrogens (tertiary/aromatic N) is 2. The molecule has 0 aliphatic carbocycles. The van der Waals surface area contributed by atoms with Crippen LogP contribution in [0.15, 0.2) is 24.3 Å². The third-order valence-corrected chi connectivity index (χ3v) is 5.70. The smallest absolute Gasteiger partial charge is 0.317 e. The van der Waals surface area contributed by atoms with Crippen molar-refractivity contribution >= 4 is 11.9 Å². The number of rotatable bonds is 5.